The van der Waals surface area contributed by atoms with Crippen molar-refractivity contribution in [1.29, 1.82) is 0 Å². The minimum Gasteiger partial charge on any atom is -0.479 e. The molecule has 5 heteroatoms. The van der Waals surface area contributed by atoms with Crippen molar-refractivity contribution in [2.24, 2.45) is 0 Å². The van der Waals surface area contributed by atoms with Gasteiger partial charge in [-0.05, 0) is 17.7 Å². The molecule has 1 atom stereocenters. The Kier molecular flexibility index (Phi) is 4.34. The lowest BCUT2D eigenvalue weighted by Gasteiger charge is -2.15. The normalized spacial score (nSPS) is 11.4. The van der Waals surface area contributed by atoms with E-state index in [1.165, 1.54) is 0 Å². The summed E-state index contributed by atoms with van der Waals surface area (Å²) in [7, 11) is 0. The first kappa shape index (κ1) is 13.6. The SMILES string of the molecule is O=C(Nc1ccccc1)N[C@H](C(=O)O)c1ccccc1. The van der Waals surface area contributed by atoms with Crippen LogP contribution in [0.5, 0.6) is 0 Å². The van der Waals surface area contributed by atoms with Crippen molar-refractivity contribution in [2.45, 2.75) is 6.04 Å². The predicted molar refractivity (Wildman–Crippen MR) is 75.4 cm³/mol. The van der Waals surface area contributed by atoms with Gasteiger partial charge in [-0.2, -0.15) is 0 Å². The average Bonchev–Trinajstić information content (AvgIpc) is 2.46. The van der Waals surface area contributed by atoms with E-state index in [0.717, 1.165) is 0 Å². The van der Waals surface area contributed by atoms with E-state index >= 15 is 0 Å². The molecule has 2 aromatic rings. The fourth-order valence-electron chi connectivity index (χ4n) is 1.75. The molecule has 0 spiro atoms. The highest BCUT2D eigenvalue weighted by Crippen LogP contribution is 2.13. The van der Waals surface area contributed by atoms with E-state index < -0.39 is 18.0 Å². The van der Waals surface area contributed by atoms with Gasteiger partial charge in [0.2, 0.25) is 0 Å². The molecule has 0 aliphatic carbocycles. The number of carboxylic acid groups (broad SMARTS) is 1. The molecule has 0 saturated heterocycles. The third-order valence-electron chi connectivity index (χ3n) is 2.69. The van der Waals surface area contributed by atoms with Gasteiger partial charge in [0.25, 0.3) is 0 Å². The van der Waals surface area contributed by atoms with Gasteiger partial charge >= 0.3 is 12.0 Å². The summed E-state index contributed by atoms with van der Waals surface area (Å²) < 4.78 is 0. The number of carbonyl (C=O) groups excluding carboxylic acids is 1. The van der Waals surface area contributed by atoms with Crippen molar-refractivity contribution < 1.29 is 14.7 Å². The lowest BCUT2D eigenvalue weighted by atomic mass is 10.1. The molecule has 0 aliphatic rings. The first-order valence-corrected chi connectivity index (χ1v) is 6.07. The molecule has 5 nitrogen and oxygen atoms in total. The summed E-state index contributed by atoms with van der Waals surface area (Å²) in [6.07, 6.45) is 0. The number of aliphatic carboxylic acids is 1. The van der Waals surface area contributed by atoms with Crippen LogP contribution < -0.4 is 10.6 Å². The molecule has 0 bridgehead atoms. The molecule has 0 aromatic heterocycles. The van der Waals surface area contributed by atoms with E-state index in [0.29, 0.717) is 11.3 Å². The average molecular weight is 270 g/mol. The number of carbonyl (C=O) groups is 2. The molecule has 0 aliphatic heterocycles. The van der Waals surface area contributed by atoms with Gasteiger partial charge in [-0.3, -0.25) is 0 Å². The third-order valence-corrected chi connectivity index (χ3v) is 2.69. The molecule has 0 fully saturated rings. The predicted octanol–water partition coefficient (Wildman–Crippen LogP) is 2.63. The number of rotatable bonds is 4. The number of urea groups is 1. The van der Waals surface area contributed by atoms with Crippen LogP contribution in [0.2, 0.25) is 0 Å². The topological polar surface area (TPSA) is 78.4 Å². The number of anilines is 1. The van der Waals surface area contributed by atoms with Crippen LogP contribution in [0.3, 0.4) is 0 Å². The maximum absolute atomic E-state index is 11.8. The number of benzene rings is 2. The summed E-state index contributed by atoms with van der Waals surface area (Å²) in [5.41, 5.74) is 1.12. The standard InChI is InChI=1S/C15H14N2O3/c18-14(19)13(11-7-3-1-4-8-11)17-15(20)16-12-9-5-2-6-10-12/h1-10,13H,(H,18,19)(H2,16,17,20)/t13-/m0/s1. The minimum atomic E-state index is -1.11. The van der Waals surface area contributed by atoms with Gasteiger partial charge in [-0.1, -0.05) is 48.5 Å². The van der Waals surface area contributed by atoms with Gasteiger partial charge in [-0.15, -0.1) is 0 Å². The largest absolute Gasteiger partial charge is 0.479 e. The van der Waals surface area contributed by atoms with Crippen molar-refractivity contribution >= 4 is 17.7 Å². The monoisotopic (exact) mass is 270 g/mol. The number of carboxylic acids is 1. The zero-order valence-corrected chi connectivity index (χ0v) is 10.6. The zero-order valence-electron chi connectivity index (χ0n) is 10.6. The van der Waals surface area contributed by atoms with Crippen LogP contribution in [0.15, 0.2) is 60.7 Å². The van der Waals surface area contributed by atoms with Crippen LogP contribution in [0.1, 0.15) is 11.6 Å². The van der Waals surface area contributed by atoms with E-state index in [1.807, 2.05) is 6.07 Å². The van der Waals surface area contributed by atoms with Crippen molar-refractivity contribution in [2.75, 3.05) is 5.32 Å². The molecule has 102 valence electrons. The molecule has 0 radical (unpaired) electrons. The van der Waals surface area contributed by atoms with Gasteiger partial charge in [0.15, 0.2) is 6.04 Å². The van der Waals surface area contributed by atoms with Gasteiger partial charge in [0.1, 0.15) is 0 Å². The molecule has 2 rings (SSSR count). The quantitative estimate of drug-likeness (QED) is 0.799. The molecule has 3 N–H and O–H groups in total. The van der Waals surface area contributed by atoms with Crippen LogP contribution in [-0.4, -0.2) is 17.1 Å². The van der Waals surface area contributed by atoms with Crippen molar-refractivity contribution in [3.05, 3.63) is 66.2 Å². The maximum Gasteiger partial charge on any atom is 0.330 e. The van der Waals surface area contributed by atoms with Gasteiger partial charge < -0.3 is 15.7 Å². The van der Waals surface area contributed by atoms with Gasteiger partial charge in [0.05, 0.1) is 0 Å². The Morgan fingerprint density at radius 2 is 1.45 bits per heavy atom. The molecule has 20 heavy (non-hydrogen) atoms. The first-order valence-electron chi connectivity index (χ1n) is 6.07. The molecule has 2 amide bonds. The van der Waals surface area contributed by atoms with Crippen LogP contribution in [0.4, 0.5) is 10.5 Å². The molecule has 0 unspecified atom stereocenters. The number of hydrogen-bond acceptors (Lipinski definition) is 2. The highest BCUT2D eigenvalue weighted by molar-refractivity contribution is 5.92. The molecule has 2 aromatic carbocycles. The van der Waals surface area contributed by atoms with E-state index in [4.69, 9.17) is 0 Å². The Balaban J connectivity index is 2.06. The lowest BCUT2D eigenvalue weighted by molar-refractivity contribution is -0.139. The van der Waals surface area contributed by atoms with E-state index in [1.54, 1.807) is 54.6 Å². The Bertz CT molecular complexity index is 585. The number of amides is 2. The number of para-hydroxylation sites is 1. The highest BCUT2D eigenvalue weighted by Gasteiger charge is 2.21. The number of hydrogen-bond donors (Lipinski definition) is 3. The summed E-state index contributed by atoms with van der Waals surface area (Å²) >= 11 is 0. The fourth-order valence-corrected chi connectivity index (χ4v) is 1.75. The summed E-state index contributed by atoms with van der Waals surface area (Å²) in [5.74, 6) is -1.11. The molecular weight excluding hydrogens is 256 g/mol. The van der Waals surface area contributed by atoms with E-state index in [-0.39, 0.29) is 0 Å². The zero-order chi connectivity index (χ0) is 14.4. The first-order chi connectivity index (χ1) is 9.66. The highest BCUT2D eigenvalue weighted by atomic mass is 16.4. The minimum absolute atomic E-state index is 0.517. The summed E-state index contributed by atoms with van der Waals surface area (Å²) in [6, 6.07) is 15.7. The second-order valence-corrected chi connectivity index (χ2v) is 4.15. The van der Waals surface area contributed by atoms with Gasteiger partial charge in [0, 0.05) is 5.69 Å². The molecule has 0 heterocycles. The van der Waals surface area contributed by atoms with Crippen LogP contribution >= 0.6 is 0 Å². The Hall–Kier alpha value is -2.82. The van der Waals surface area contributed by atoms with E-state index in [9.17, 15) is 14.7 Å². The van der Waals surface area contributed by atoms with Crippen molar-refractivity contribution in [1.82, 2.24) is 5.32 Å². The smallest absolute Gasteiger partial charge is 0.330 e. The maximum atomic E-state index is 11.8. The van der Waals surface area contributed by atoms with Crippen LogP contribution in [0, 0.1) is 0 Å². The number of nitrogens with one attached hydrogen (secondary N) is 2. The Morgan fingerprint density at radius 1 is 0.900 bits per heavy atom. The molecular formula is C15H14N2O3. The van der Waals surface area contributed by atoms with Crippen LogP contribution in [0.25, 0.3) is 0 Å². The van der Waals surface area contributed by atoms with E-state index in [2.05, 4.69) is 10.6 Å². The summed E-state index contributed by atoms with van der Waals surface area (Å²) in [4.78, 5) is 23.1. The fraction of sp³-hybridized carbons (Fsp3) is 0.0667. The third kappa shape index (κ3) is 3.58. The summed E-state index contributed by atoms with van der Waals surface area (Å²) in [5, 5.41) is 14.2. The van der Waals surface area contributed by atoms with Crippen LogP contribution in [-0.2, 0) is 4.79 Å². The van der Waals surface area contributed by atoms with Crippen molar-refractivity contribution in [3.8, 4) is 0 Å². The molecule has 0 saturated carbocycles. The lowest BCUT2D eigenvalue weighted by Crippen LogP contribution is -2.36. The van der Waals surface area contributed by atoms with Crippen molar-refractivity contribution in [3.63, 3.8) is 0 Å². The Labute approximate surface area is 116 Å². The second kappa shape index (κ2) is 6.38. The second-order valence-electron chi connectivity index (χ2n) is 4.15. The Morgan fingerprint density at radius 3 is 2.00 bits per heavy atom. The van der Waals surface area contributed by atoms with Gasteiger partial charge in [-0.25, -0.2) is 9.59 Å². The summed E-state index contributed by atoms with van der Waals surface area (Å²) in [6.45, 7) is 0.